The number of hydrogen-bond acceptors (Lipinski definition) is 4. The van der Waals surface area contributed by atoms with Crippen molar-refractivity contribution in [1.29, 1.82) is 0 Å². The molecule has 0 saturated carbocycles. The maximum absolute atomic E-state index is 12.6. The molecule has 1 N–H and O–H groups in total. The van der Waals surface area contributed by atoms with Crippen molar-refractivity contribution in [1.82, 2.24) is 15.1 Å². The van der Waals surface area contributed by atoms with Gasteiger partial charge in [0.25, 0.3) is 5.91 Å². The molecule has 2 aromatic carbocycles. The number of nitrogens with zero attached hydrogens (tertiary/aromatic N) is 2. The van der Waals surface area contributed by atoms with Crippen molar-refractivity contribution >= 4 is 5.91 Å². The first-order valence-electron chi connectivity index (χ1n) is 9.54. The van der Waals surface area contributed by atoms with E-state index in [9.17, 15) is 4.79 Å². The van der Waals surface area contributed by atoms with Crippen LogP contribution in [-0.2, 0) is 6.54 Å². The van der Waals surface area contributed by atoms with Gasteiger partial charge in [-0.1, -0.05) is 18.2 Å². The molecule has 0 radical (unpaired) electrons. The third-order valence-electron chi connectivity index (χ3n) is 4.91. The Hall–Kier alpha value is -3.28. The first-order chi connectivity index (χ1) is 13.9. The second kappa shape index (κ2) is 8.82. The van der Waals surface area contributed by atoms with Crippen LogP contribution in [0, 0.1) is 13.8 Å². The van der Waals surface area contributed by atoms with E-state index in [1.807, 2.05) is 67.9 Å². The number of hydrogen-bond donors (Lipinski definition) is 1. The molecule has 0 aliphatic carbocycles. The van der Waals surface area contributed by atoms with Gasteiger partial charge in [0.05, 0.1) is 32.5 Å². The van der Waals surface area contributed by atoms with Gasteiger partial charge in [0.2, 0.25) is 0 Å². The zero-order chi connectivity index (χ0) is 21.0. The second-order valence-electron chi connectivity index (χ2n) is 7.09. The van der Waals surface area contributed by atoms with Crippen LogP contribution in [0.15, 0.2) is 48.5 Å². The van der Waals surface area contributed by atoms with Gasteiger partial charge >= 0.3 is 0 Å². The highest BCUT2D eigenvalue weighted by Crippen LogP contribution is 2.30. The van der Waals surface area contributed by atoms with Crippen LogP contribution in [0.1, 0.15) is 45.8 Å². The number of carbonyl (C=O) groups excluding carboxylic acids is 1. The maximum atomic E-state index is 12.6. The minimum Gasteiger partial charge on any atom is -0.493 e. The summed E-state index contributed by atoms with van der Waals surface area (Å²) in [6.45, 7) is 6.65. The summed E-state index contributed by atoms with van der Waals surface area (Å²) in [5.41, 5.74) is 4.78. The van der Waals surface area contributed by atoms with Crippen LogP contribution in [0.5, 0.6) is 11.5 Å². The molecule has 1 unspecified atom stereocenters. The van der Waals surface area contributed by atoms with Crippen molar-refractivity contribution in [2.45, 2.75) is 33.4 Å². The van der Waals surface area contributed by atoms with Gasteiger partial charge < -0.3 is 14.8 Å². The van der Waals surface area contributed by atoms with Crippen molar-refractivity contribution in [2.24, 2.45) is 0 Å². The molecule has 0 spiro atoms. The Morgan fingerprint density at radius 1 is 1.03 bits per heavy atom. The van der Waals surface area contributed by atoms with Gasteiger partial charge in [0.1, 0.15) is 0 Å². The van der Waals surface area contributed by atoms with E-state index < -0.39 is 0 Å². The summed E-state index contributed by atoms with van der Waals surface area (Å²) in [4.78, 5) is 12.6. The molecule has 6 heteroatoms. The van der Waals surface area contributed by atoms with Crippen LogP contribution in [0.3, 0.4) is 0 Å². The molecule has 3 rings (SSSR count). The van der Waals surface area contributed by atoms with Crippen LogP contribution < -0.4 is 14.8 Å². The summed E-state index contributed by atoms with van der Waals surface area (Å²) >= 11 is 0. The van der Waals surface area contributed by atoms with Gasteiger partial charge in [0, 0.05) is 11.3 Å². The summed E-state index contributed by atoms with van der Waals surface area (Å²) in [5, 5.41) is 7.51. The number of rotatable bonds is 7. The van der Waals surface area contributed by atoms with Crippen LogP contribution in [0.25, 0.3) is 0 Å². The standard InChI is InChI=1S/C23H27N3O3/c1-15-12-16(2)26(25-15)14-18-6-8-19(9-7-18)23(27)24-17(3)20-10-11-21(28-4)22(13-20)29-5/h6-13,17H,14H2,1-5H3,(H,24,27). The SMILES string of the molecule is COc1ccc(C(C)NC(=O)c2ccc(Cn3nc(C)cc3C)cc2)cc1OC. The van der Waals surface area contributed by atoms with E-state index in [1.165, 1.54) is 0 Å². The van der Waals surface area contributed by atoms with Gasteiger partial charge in [0.15, 0.2) is 11.5 Å². The number of ether oxygens (including phenoxy) is 2. The minimum atomic E-state index is -0.170. The van der Waals surface area contributed by atoms with E-state index >= 15 is 0 Å². The molecule has 1 atom stereocenters. The summed E-state index contributed by atoms with van der Waals surface area (Å²) in [6.07, 6.45) is 0. The first kappa shape index (κ1) is 20.5. The zero-order valence-corrected chi connectivity index (χ0v) is 17.5. The molecule has 1 aromatic heterocycles. The molecular weight excluding hydrogens is 366 g/mol. The lowest BCUT2D eigenvalue weighted by Gasteiger charge is -2.17. The highest BCUT2D eigenvalue weighted by Gasteiger charge is 2.14. The number of aromatic nitrogens is 2. The number of methoxy groups -OCH3 is 2. The maximum Gasteiger partial charge on any atom is 0.251 e. The van der Waals surface area contributed by atoms with Crippen molar-refractivity contribution in [3.63, 3.8) is 0 Å². The fourth-order valence-corrected chi connectivity index (χ4v) is 3.25. The lowest BCUT2D eigenvalue weighted by Crippen LogP contribution is -2.26. The number of benzene rings is 2. The first-order valence-corrected chi connectivity index (χ1v) is 9.54. The minimum absolute atomic E-state index is 0.120. The third kappa shape index (κ3) is 4.77. The van der Waals surface area contributed by atoms with Crippen molar-refractivity contribution in [3.8, 4) is 11.5 Å². The van der Waals surface area contributed by atoms with Gasteiger partial charge in [-0.2, -0.15) is 5.10 Å². The molecule has 3 aromatic rings. The molecule has 1 heterocycles. The van der Waals surface area contributed by atoms with Crippen molar-refractivity contribution in [3.05, 3.63) is 76.6 Å². The molecule has 0 aliphatic heterocycles. The average Bonchev–Trinajstić information content (AvgIpc) is 3.04. The normalized spacial score (nSPS) is 11.8. The van der Waals surface area contributed by atoms with Gasteiger partial charge in [-0.15, -0.1) is 0 Å². The topological polar surface area (TPSA) is 65.4 Å². The van der Waals surface area contributed by atoms with Gasteiger partial charge in [-0.3, -0.25) is 9.48 Å². The van der Waals surface area contributed by atoms with Crippen molar-refractivity contribution < 1.29 is 14.3 Å². The molecule has 152 valence electrons. The lowest BCUT2D eigenvalue weighted by molar-refractivity contribution is 0.0940. The Morgan fingerprint density at radius 3 is 2.31 bits per heavy atom. The Labute approximate surface area is 171 Å². The molecule has 29 heavy (non-hydrogen) atoms. The zero-order valence-electron chi connectivity index (χ0n) is 17.5. The summed E-state index contributed by atoms with van der Waals surface area (Å²) in [5.74, 6) is 1.18. The highest BCUT2D eigenvalue weighted by atomic mass is 16.5. The molecular formula is C23H27N3O3. The summed E-state index contributed by atoms with van der Waals surface area (Å²) < 4.78 is 12.6. The van der Waals surface area contributed by atoms with Crippen LogP contribution >= 0.6 is 0 Å². The quantitative estimate of drug-likeness (QED) is 0.658. The van der Waals surface area contributed by atoms with Crippen LogP contribution in [0.2, 0.25) is 0 Å². The van der Waals surface area contributed by atoms with E-state index in [2.05, 4.69) is 16.5 Å². The molecule has 1 amide bonds. The number of amides is 1. The van der Waals surface area contributed by atoms with E-state index in [-0.39, 0.29) is 11.9 Å². The predicted octanol–water partition coefficient (Wildman–Crippen LogP) is 4.06. The monoisotopic (exact) mass is 393 g/mol. The fraction of sp³-hybridized carbons (Fsp3) is 0.304. The van der Waals surface area contributed by atoms with E-state index in [0.717, 1.165) is 22.5 Å². The third-order valence-corrected chi connectivity index (χ3v) is 4.91. The van der Waals surface area contributed by atoms with Gasteiger partial charge in [-0.05, 0) is 62.2 Å². The fourth-order valence-electron chi connectivity index (χ4n) is 3.25. The smallest absolute Gasteiger partial charge is 0.251 e. The summed E-state index contributed by atoms with van der Waals surface area (Å²) in [7, 11) is 3.19. The van der Waals surface area contributed by atoms with E-state index in [1.54, 1.807) is 14.2 Å². The Kier molecular flexibility index (Phi) is 6.22. The Balaban J connectivity index is 1.66. The number of carbonyl (C=O) groups is 1. The molecule has 0 bridgehead atoms. The highest BCUT2D eigenvalue weighted by molar-refractivity contribution is 5.94. The molecule has 0 fully saturated rings. The lowest BCUT2D eigenvalue weighted by atomic mass is 10.1. The van der Waals surface area contributed by atoms with E-state index in [0.29, 0.717) is 23.6 Å². The molecule has 0 aliphatic rings. The molecule has 0 saturated heterocycles. The van der Waals surface area contributed by atoms with Gasteiger partial charge in [-0.25, -0.2) is 0 Å². The number of nitrogens with one attached hydrogen (secondary N) is 1. The Bertz CT molecular complexity index is 993. The van der Waals surface area contributed by atoms with Crippen LogP contribution in [0.4, 0.5) is 0 Å². The van der Waals surface area contributed by atoms with Crippen molar-refractivity contribution in [2.75, 3.05) is 14.2 Å². The summed E-state index contributed by atoms with van der Waals surface area (Å²) in [6, 6.07) is 15.1. The largest absolute Gasteiger partial charge is 0.493 e. The average molecular weight is 393 g/mol. The second-order valence-corrected chi connectivity index (χ2v) is 7.09. The van der Waals surface area contributed by atoms with E-state index in [4.69, 9.17) is 9.47 Å². The van der Waals surface area contributed by atoms with Crippen LogP contribution in [-0.4, -0.2) is 29.9 Å². The Morgan fingerprint density at radius 2 is 1.72 bits per heavy atom. The number of aryl methyl sites for hydroxylation is 2. The molecule has 6 nitrogen and oxygen atoms in total. The predicted molar refractivity (Wildman–Crippen MR) is 113 cm³/mol.